The number of rotatable bonds is 2. The van der Waals surface area contributed by atoms with Gasteiger partial charge in [0.15, 0.2) is 0 Å². The molecule has 98 valence electrons. The van der Waals surface area contributed by atoms with E-state index in [-0.39, 0.29) is 5.41 Å². The highest BCUT2D eigenvalue weighted by atomic mass is 16.4. The largest absolute Gasteiger partial charge is 0.478 e. The van der Waals surface area contributed by atoms with Gasteiger partial charge in [-0.1, -0.05) is 57.2 Å². The first-order valence-corrected chi connectivity index (χ1v) is 6.32. The predicted octanol–water partition coefficient (Wildman–Crippen LogP) is 4.35. The molecule has 19 heavy (non-hydrogen) atoms. The van der Waals surface area contributed by atoms with E-state index in [2.05, 4.69) is 0 Å². The zero-order valence-electron chi connectivity index (χ0n) is 11.5. The zero-order valence-corrected chi connectivity index (χ0v) is 11.5. The van der Waals surface area contributed by atoms with Crippen LogP contribution in [0.3, 0.4) is 0 Å². The van der Waals surface area contributed by atoms with Gasteiger partial charge in [-0.3, -0.25) is 0 Å². The lowest BCUT2D eigenvalue weighted by atomic mass is 9.85. The number of hydrogen-bond donors (Lipinski definition) is 1. The van der Waals surface area contributed by atoms with Crippen LogP contribution in [-0.4, -0.2) is 11.1 Å². The normalized spacial score (nSPS) is 12.7. The van der Waals surface area contributed by atoms with E-state index in [1.165, 1.54) is 0 Å². The highest BCUT2D eigenvalue weighted by Crippen LogP contribution is 2.28. The van der Waals surface area contributed by atoms with Crippen molar-refractivity contribution in [1.82, 2.24) is 0 Å². The second kappa shape index (κ2) is 4.88. The van der Waals surface area contributed by atoms with Gasteiger partial charge in [-0.05, 0) is 33.9 Å². The van der Waals surface area contributed by atoms with Crippen LogP contribution in [0.4, 0.5) is 0 Å². The van der Waals surface area contributed by atoms with Gasteiger partial charge in [0.25, 0.3) is 0 Å². The molecule has 0 spiro atoms. The highest BCUT2D eigenvalue weighted by molar-refractivity contribution is 5.94. The Bertz CT molecular complexity index is 646. The molecule has 0 aromatic heterocycles. The second-order valence-electron chi connectivity index (χ2n) is 5.72. The van der Waals surface area contributed by atoms with Crippen LogP contribution < -0.4 is 0 Å². The molecule has 2 aromatic carbocycles. The van der Waals surface area contributed by atoms with E-state index in [1.54, 1.807) is 6.08 Å². The molecule has 0 aliphatic rings. The van der Waals surface area contributed by atoms with Crippen LogP contribution in [0.15, 0.2) is 48.0 Å². The molecule has 0 fully saturated rings. The van der Waals surface area contributed by atoms with E-state index >= 15 is 0 Å². The summed E-state index contributed by atoms with van der Waals surface area (Å²) >= 11 is 0. The molecule has 0 atom stereocenters. The summed E-state index contributed by atoms with van der Waals surface area (Å²) in [5, 5.41) is 11.6. The third kappa shape index (κ3) is 3.02. The third-order valence-corrected chi connectivity index (χ3v) is 3.12. The minimum Gasteiger partial charge on any atom is -0.478 e. The summed E-state index contributed by atoms with van der Waals surface area (Å²) in [7, 11) is 0. The van der Waals surface area contributed by atoms with Crippen LogP contribution in [0.25, 0.3) is 16.8 Å². The molecule has 2 aromatic rings. The molecular weight excluding hydrogens is 236 g/mol. The first-order chi connectivity index (χ1) is 8.88. The van der Waals surface area contributed by atoms with Crippen LogP contribution in [0.1, 0.15) is 26.3 Å². The summed E-state index contributed by atoms with van der Waals surface area (Å²) in [4.78, 5) is 11.3. The first kappa shape index (κ1) is 13.3. The topological polar surface area (TPSA) is 37.3 Å². The lowest BCUT2D eigenvalue weighted by Gasteiger charge is -2.19. The standard InChI is InChI=1S/C17H18O2/c1-17(2,3)15(16(18)19)11-12-8-9-13-6-4-5-7-14(13)10-12/h4-11H,1-3H3,(H,18,19). The Morgan fingerprint density at radius 3 is 2.26 bits per heavy atom. The van der Waals surface area contributed by atoms with Gasteiger partial charge >= 0.3 is 5.97 Å². The molecule has 0 saturated carbocycles. The van der Waals surface area contributed by atoms with E-state index in [0.29, 0.717) is 5.57 Å². The summed E-state index contributed by atoms with van der Waals surface area (Å²) in [6, 6.07) is 14.0. The van der Waals surface area contributed by atoms with Gasteiger partial charge in [0.1, 0.15) is 0 Å². The Labute approximate surface area is 113 Å². The number of hydrogen-bond acceptors (Lipinski definition) is 1. The summed E-state index contributed by atoms with van der Waals surface area (Å²) in [6.45, 7) is 5.73. The van der Waals surface area contributed by atoms with Crippen LogP contribution in [0.2, 0.25) is 0 Å². The maximum atomic E-state index is 11.3. The fourth-order valence-corrected chi connectivity index (χ4v) is 2.06. The SMILES string of the molecule is CC(C)(C)C(=Cc1ccc2ccccc2c1)C(=O)O. The maximum absolute atomic E-state index is 11.3. The van der Waals surface area contributed by atoms with Crippen molar-refractivity contribution in [2.75, 3.05) is 0 Å². The Morgan fingerprint density at radius 1 is 1.05 bits per heavy atom. The van der Waals surface area contributed by atoms with Gasteiger partial charge in [0.05, 0.1) is 0 Å². The fourth-order valence-electron chi connectivity index (χ4n) is 2.06. The number of benzene rings is 2. The van der Waals surface area contributed by atoms with Crippen molar-refractivity contribution in [2.24, 2.45) is 5.41 Å². The zero-order chi connectivity index (χ0) is 14.0. The molecular formula is C17H18O2. The Morgan fingerprint density at radius 2 is 1.68 bits per heavy atom. The van der Waals surface area contributed by atoms with Crippen molar-refractivity contribution in [3.05, 3.63) is 53.6 Å². The van der Waals surface area contributed by atoms with Crippen molar-refractivity contribution >= 4 is 22.8 Å². The molecule has 1 N–H and O–H groups in total. The van der Waals surface area contributed by atoms with E-state index in [1.807, 2.05) is 63.2 Å². The van der Waals surface area contributed by atoms with Crippen LogP contribution in [0.5, 0.6) is 0 Å². The van der Waals surface area contributed by atoms with Crippen LogP contribution in [0, 0.1) is 5.41 Å². The van der Waals surface area contributed by atoms with Crippen molar-refractivity contribution in [3.8, 4) is 0 Å². The average Bonchev–Trinajstić information content (AvgIpc) is 2.34. The second-order valence-corrected chi connectivity index (χ2v) is 5.72. The molecule has 2 rings (SSSR count). The Hall–Kier alpha value is -2.09. The Balaban J connectivity index is 2.52. The molecule has 0 heterocycles. The van der Waals surface area contributed by atoms with Crippen molar-refractivity contribution in [1.29, 1.82) is 0 Å². The van der Waals surface area contributed by atoms with E-state index in [4.69, 9.17) is 0 Å². The molecule has 0 aliphatic carbocycles. The monoisotopic (exact) mass is 254 g/mol. The summed E-state index contributed by atoms with van der Waals surface area (Å²) in [5.41, 5.74) is 0.964. The minimum absolute atomic E-state index is 0.378. The number of fused-ring (bicyclic) bond motifs is 1. The fraction of sp³-hybridized carbons (Fsp3) is 0.235. The highest BCUT2D eigenvalue weighted by Gasteiger charge is 2.23. The van der Waals surface area contributed by atoms with Gasteiger partial charge in [0.2, 0.25) is 0 Å². The Kier molecular flexibility index (Phi) is 3.43. The summed E-state index contributed by atoms with van der Waals surface area (Å²) in [5.74, 6) is -0.861. The van der Waals surface area contributed by atoms with Crippen molar-refractivity contribution in [3.63, 3.8) is 0 Å². The minimum atomic E-state index is -0.861. The lowest BCUT2D eigenvalue weighted by Crippen LogP contribution is -2.17. The van der Waals surface area contributed by atoms with Gasteiger partial charge < -0.3 is 5.11 Å². The van der Waals surface area contributed by atoms with Gasteiger partial charge in [-0.25, -0.2) is 4.79 Å². The smallest absolute Gasteiger partial charge is 0.332 e. The number of carboxylic acid groups (broad SMARTS) is 1. The van der Waals surface area contributed by atoms with E-state index in [0.717, 1.165) is 16.3 Å². The molecule has 0 radical (unpaired) electrons. The van der Waals surface area contributed by atoms with Crippen LogP contribution in [-0.2, 0) is 4.79 Å². The summed E-state index contributed by atoms with van der Waals surface area (Å²) < 4.78 is 0. The lowest BCUT2D eigenvalue weighted by molar-refractivity contribution is -0.133. The molecule has 0 saturated heterocycles. The van der Waals surface area contributed by atoms with E-state index < -0.39 is 5.97 Å². The first-order valence-electron chi connectivity index (χ1n) is 6.32. The van der Waals surface area contributed by atoms with Gasteiger partial charge in [-0.2, -0.15) is 0 Å². The average molecular weight is 254 g/mol. The van der Waals surface area contributed by atoms with E-state index in [9.17, 15) is 9.90 Å². The number of carboxylic acids is 1. The maximum Gasteiger partial charge on any atom is 0.332 e. The quantitative estimate of drug-likeness (QED) is 0.809. The van der Waals surface area contributed by atoms with Crippen molar-refractivity contribution < 1.29 is 9.90 Å². The molecule has 0 unspecified atom stereocenters. The number of aliphatic carboxylic acids is 1. The van der Waals surface area contributed by atoms with Crippen LogP contribution >= 0.6 is 0 Å². The summed E-state index contributed by atoms with van der Waals surface area (Å²) in [6.07, 6.45) is 1.76. The third-order valence-electron chi connectivity index (χ3n) is 3.12. The number of carbonyl (C=O) groups is 1. The predicted molar refractivity (Wildman–Crippen MR) is 79.0 cm³/mol. The van der Waals surface area contributed by atoms with Gasteiger partial charge in [0, 0.05) is 5.57 Å². The van der Waals surface area contributed by atoms with Gasteiger partial charge in [-0.15, -0.1) is 0 Å². The molecule has 0 amide bonds. The van der Waals surface area contributed by atoms with Crippen molar-refractivity contribution in [2.45, 2.75) is 20.8 Å². The molecule has 0 aliphatic heterocycles. The molecule has 2 nitrogen and oxygen atoms in total. The molecule has 0 bridgehead atoms. The molecule has 2 heteroatoms.